The van der Waals surface area contributed by atoms with Gasteiger partial charge in [0.15, 0.2) is 0 Å². The predicted octanol–water partition coefficient (Wildman–Crippen LogP) is 5.57. The minimum absolute atomic E-state index is 0.130. The van der Waals surface area contributed by atoms with Gasteiger partial charge >= 0.3 is 0 Å². The second-order valence-electron chi connectivity index (χ2n) is 7.34. The third-order valence-corrected chi connectivity index (χ3v) is 6.70. The number of hydrogen-bond donors (Lipinski definition) is 0. The Balaban J connectivity index is 1.59. The summed E-state index contributed by atoms with van der Waals surface area (Å²) in [5.41, 5.74) is 1.94. The maximum Gasteiger partial charge on any atom is 0.132 e. The van der Waals surface area contributed by atoms with Crippen LogP contribution in [0.5, 0.6) is 5.75 Å². The fourth-order valence-corrected chi connectivity index (χ4v) is 5.13. The van der Waals surface area contributed by atoms with Crippen molar-refractivity contribution in [1.29, 1.82) is 0 Å². The normalized spacial score (nSPS) is 18.1. The summed E-state index contributed by atoms with van der Waals surface area (Å²) < 4.78 is 26.5. The molecule has 2 atom stereocenters. The number of halogens is 1. The van der Waals surface area contributed by atoms with Gasteiger partial charge in [-0.3, -0.25) is 4.90 Å². The fourth-order valence-electron chi connectivity index (χ4n) is 3.80. The van der Waals surface area contributed by atoms with E-state index in [1.807, 2.05) is 42.5 Å². The highest BCUT2D eigenvalue weighted by Crippen LogP contribution is 2.44. The Hall–Kier alpha value is -2.34. The maximum absolute atomic E-state index is 14.8. The van der Waals surface area contributed by atoms with Gasteiger partial charge in [-0.05, 0) is 23.8 Å². The molecular weight excluding hydrogens is 397 g/mol. The van der Waals surface area contributed by atoms with Gasteiger partial charge in [0, 0.05) is 25.2 Å². The standard InChI is InChI=1S/C25H26FNO2S/c1-28-22-13-7-8-14-24(22)30-25(20-11-5-6-12-21(20)26)23-18-27(15-16-29-23)17-19-9-3-2-4-10-19/h2-14,23,25H,15-18H2,1H3/t23-,25-/m1/s1. The average molecular weight is 424 g/mol. The second-order valence-corrected chi connectivity index (χ2v) is 8.52. The molecule has 1 aliphatic rings. The van der Waals surface area contributed by atoms with Crippen LogP contribution in [-0.4, -0.2) is 37.8 Å². The molecule has 3 nitrogen and oxygen atoms in total. The molecular formula is C25H26FNO2S. The first-order valence-corrected chi connectivity index (χ1v) is 11.0. The minimum Gasteiger partial charge on any atom is -0.496 e. The Bertz CT molecular complexity index is 953. The van der Waals surface area contributed by atoms with Crippen molar-refractivity contribution >= 4 is 11.8 Å². The Morgan fingerprint density at radius 1 is 1.03 bits per heavy atom. The highest BCUT2D eigenvalue weighted by molar-refractivity contribution is 7.99. The third kappa shape index (κ3) is 5.04. The van der Waals surface area contributed by atoms with Crippen molar-refractivity contribution in [3.8, 4) is 5.75 Å². The molecule has 1 heterocycles. The van der Waals surface area contributed by atoms with Gasteiger partial charge in [-0.25, -0.2) is 4.39 Å². The minimum atomic E-state index is -0.200. The molecule has 0 unspecified atom stereocenters. The fraction of sp³-hybridized carbons (Fsp3) is 0.280. The summed E-state index contributed by atoms with van der Waals surface area (Å²) in [7, 11) is 1.66. The first-order valence-electron chi connectivity index (χ1n) is 10.2. The number of thioether (sulfide) groups is 1. The molecule has 1 aliphatic heterocycles. The molecule has 1 saturated heterocycles. The lowest BCUT2D eigenvalue weighted by Crippen LogP contribution is -2.44. The van der Waals surface area contributed by atoms with E-state index >= 15 is 0 Å². The molecule has 0 aliphatic carbocycles. The van der Waals surface area contributed by atoms with Crippen molar-refractivity contribution in [2.75, 3.05) is 26.8 Å². The molecule has 0 amide bonds. The third-order valence-electron chi connectivity index (χ3n) is 5.30. The topological polar surface area (TPSA) is 21.7 Å². The van der Waals surface area contributed by atoms with Crippen molar-refractivity contribution in [2.45, 2.75) is 22.8 Å². The molecule has 4 rings (SSSR count). The zero-order chi connectivity index (χ0) is 20.8. The summed E-state index contributed by atoms with van der Waals surface area (Å²) in [5, 5.41) is -0.180. The average Bonchev–Trinajstić information content (AvgIpc) is 2.79. The smallest absolute Gasteiger partial charge is 0.132 e. The van der Waals surface area contributed by atoms with E-state index in [1.54, 1.807) is 24.9 Å². The lowest BCUT2D eigenvalue weighted by molar-refractivity contribution is -0.0323. The van der Waals surface area contributed by atoms with Crippen LogP contribution in [-0.2, 0) is 11.3 Å². The summed E-state index contributed by atoms with van der Waals surface area (Å²) >= 11 is 1.61. The van der Waals surface area contributed by atoms with Gasteiger partial charge in [-0.15, -0.1) is 11.8 Å². The summed E-state index contributed by atoms with van der Waals surface area (Å²) in [5.74, 6) is 0.592. The number of ether oxygens (including phenoxy) is 2. The van der Waals surface area contributed by atoms with E-state index < -0.39 is 0 Å². The van der Waals surface area contributed by atoms with Gasteiger partial charge in [0.2, 0.25) is 0 Å². The molecule has 0 aromatic heterocycles. The SMILES string of the molecule is COc1ccccc1S[C@H](c1ccccc1F)[C@H]1CN(Cc2ccccc2)CCO1. The molecule has 0 bridgehead atoms. The Kier molecular flexibility index (Phi) is 7.05. The monoisotopic (exact) mass is 423 g/mol. The lowest BCUT2D eigenvalue weighted by atomic mass is 10.0. The molecule has 3 aromatic rings. The van der Waals surface area contributed by atoms with Gasteiger partial charge in [-0.2, -0.15) is 0 Å². The molecule has 0 saturated carbocycles. The molecule has 156 valence electrons. The van der Waals surface area contributed by atoms with Crippen LogP contribution >= 0.6 is 11.8 Å². The zero-order valence-corrected chi connectivity index (χ0v) is 17.9. The number of benzene rings is 3. The number of hydrogen-bond acceptors (Lipinski definition) is 4. The molecule has 5 heteroatoms. The van der Waals surface area contributed by atoms with Crippen LogP contribution < -0.4 is 4.74 Å². The largest absolute Gasteiger partial charge is 0.496 e. The molecule has 1 fully saturated rings. The van der Waals surface area contributed by atoms with Crippen molar-refractivity contribution < 1.29 is 13.9 Å². The summed E-state index contributed by atoms with van der Waals surface area (Å²) in [6.45, 7) is 3.11. The van der Waals surface area contributed by atoms with Crippen LogP contribution in [0.2, 0.25) is 0 Å². The highest BCUT2D eigenvalue weighted by atomic mass is 32.2. The van der Waals surface area contributed by atoms with Crippen molar-refractivity contribution in [3.05, 3.63) is 95.8 Å². The number of rotatable bonds is 7. The number of nitrogens with zero attached hydrogens (tertiary/aromatic N) is 1. The van der Waals surface area contributed by atoms with Crippen molar-refractivity contribution in [2.24, 2.45) is 0 Å². The van der Waals surface area contributed by atoms with E-state index in [0.29, 0.717) is 12.2 Å². The number of morpholine rings is 1. The molecule has 0 radical (unpaired) electrons. The van der Waals surface area contributed by atoms with Gasteiger partial charge in [0.25, 0.3) is 0 Å². The second kappa shape index (κ2) is 10.1. The van der Waals surface area contributed by atoms with Gasteiger partial charge in [0.05, 0.1) is 30.0 Å². The van der Waals surface area contributed by atoms with E-state index in [0.717, 1.165) is 30.3 Å². The Morgan fingerprint density at radius 2 is 1.77 bits per heavy atom. The summed E-state index contributed by atoms with van der Waals surface area (Å²) in [4.78, 5) is 3.37. The van der Waals surface area contributed by atoms with Gasteiger partial charge < -0.3 is 9.47 Å². The first kappa shape index (κ1) is 20.9. The van der Waals surface area contributed by atoms with Crippen LogP contribution in [0.4, 0.5) is 4.39 Å². The van der Waals surface area contributed by atoms with Crippen LogP contribution in [0.15, 0.2) is 83.8 Å². The maximum atomic E-state index is 14.8. The van der Waals surface area contributed by atoms with Crippen LogP contribution in [0, 0.1) is 5.82 Å². The first-order chi connectivity index (χ1) is 14.7. The van der Waals surface area contributed by atoms with Gasteiger partial charge in [0.1, 0.15) is 11.6 Å². The molecule has 3 aromatic carbocycles. The zero-order valence-electron chi connectivity index (χ0n) is 17.0. The number of para-hydroxylation sites is 1. The predicted molar refractivity (Wildman–Crippen MR) is 119 cm³/mol. The number of methoxy groups -OCH3 is 1. The van der Waals surface area contributed by atoms with E-state index in [-0.39, 0.29) is 17.2 Å². The van der Waals surface area contributed by atoms with Crippen molar-refractivity contribution in [3.63, 3.8) is 0 Å². The van der Waals surface area contributed by atoms with E-state index in [2.05, 4.69) is 29.2 Å². The van der Waals surface area contributed by atoms with Crippen LogP contribution in [0.3, 0.4) is 0 Å². The summed E-state index contributed by atoms with van der Waals surface area (Å²) in [6, 6.07) is 25.3. The Morgan fingerprint density at radius 3 is 2.57 bits per heavy atom. The highest BCUT2D eigenvalue weighted by Gasteiger charge is 2.32. The molecule has 30 heavy (non-hydrogen) atoms. The van der Waals surface area contributed by atoms with E-state index in [9.17, 15) is 4.39 Å². The quantitative estimate of drug-likeness (QED) is 0.463. The van der Waals surface area contributed by atoms with Gasteiger partial charge in [-0.1, -0.05) is 60.7 Å². The Labute approximate surface area is 181 Å². The van der Waals surface area contributed by atoms with Crippen LogP contribution in [0.25, 0.3) is 0 Å². The van der Waals surface area contributed by atoms with E-state index in [1.165, 1.54) is 11.6 Å². The van der Waals surface area contributed by atoms with Crippen LogP contribution in [0.1, 0.15) is 16.4 Å². The lowest BCUT2D eigenvalue weighted by Gasteiger charge is -2.37. The molecule has 0 N–H and O–H groups in total. The van der Waals surface area contributed by atoms with E-state index in [4.69, 9.17) is 9.47 Å². The molecule has 0 spiro atoms. The summed E-state index contributed by atoms with van der Waals surface area (Å²) in [6.07, 6.45) is -0.130. The van der Waals surface area contributed by atoms with Crippen molar-refractivity contribution in [1.82, 2.24) is 4.90 Å².